The summed E-state index contributed by atoms with van der Waals surface area (Å²) < 4.78 is 0. The van der Waals surface area contributed by atoms with Crippen molar-refractivity contribution in [3.8, 4) is 21.8 Å². The van der Waals surface area contributed by atoms with Gasteiger partial charge in [-0.3, -0.25) is 10.1 Å². The molecule has 1 N–H and O–H groups in total. The summed E-state index contributed by atoms with van der Waals surface area (Å²) in [5, 5.41) is 9.08. The Morgan fingerprint density at radius 3 is 2.55 bits per heavy atom. The van der Waals surface area contributed by atoms with E-state index in [1.54, 1.807) is 29.5 Å². The Balaban J connectivity index is 1.53. The molecule has 1 amide bonds. The molecular formula is C23H13Cl2N3OS2. The normalized spacial score (nSPS) is 11.0. The van der Waals surface area contributed by atoms with E-state index < -0.39 is 0 Å². The number of thiophene rings is 1. The number of pyridine rings is 1. The van der Waals surface area contributed by atoms with Crippen LogP contribution < -0.4 is 5.32 Å². The Morgan fingerprint density at radius 2 is 1.74 bits per heavy atom. The van der Waals surface area contributed by atoms with Crippen molar-refractivity contribution in [3.63, 3.8) is 0 Å². The van der Waals surface area contributed by atoms with Gasteiger partial charge < -0.3 is 0 Å². The standard InChI is InChI=1S/C23H13Cl2N3OS2/c24-16-8-7-13(10-17(16)25)19-11-15(14-4-1-2-5-18(14)26-19)22(29)28-23-27-20(12-31-23)21-6-3-9-30-21/h1-12H,(H,27,28,29). The summed E-state index contributed by atoms with van der Waals surface area (Å²) in [7, 11) is 0. The molecule has 3 aromatic heterocycles. The van der Waals surface area contributed by atoms with Gasteiger partial charge >= 0.3 is 0 Å². The molecule has 0 saturated carbocycles. The van der Waals surface area contributed by atoms with Crippen molar-refractivity contribution in [2.75, 3.05) is 5.32 Å². The molecule has 0 aliphatic carbocycles. The van der Waals surface area contributed by atoms with Crippen LogP contribution in [0.4, 0.5) is 5.13 Å². The van der Waals surface area contributed by atoms with Gasteiger partial charge in [0.15, 0.2) is 5.13 Å². The molecule has 0 aliphatic rings. The van der Waals surface area contributed by atoms with Crippen molar-refractivity contribution in [3.05, 3.63) is 87.0 Å². The minimum atomic E-state index is -0.244. The minimum Gasteiger partial charge on any atom is -0.298 e. The summed E-state index contributed by atoms with van der Waals surface area (Å²) in [6, 6.07) is 18.6. The summed E-state index contributed by atoms with van der Waals surface area (Å²) in [6.07, 6.45) is 0. The number of hydrogen-bond acceptors (Lipinski definition) is 5. The molecule has 5 aromatic rings. The highest BCUT2D eigenvalue weighted by Gasteiger charge is 2.16. The number of carbonyl (C=O) groups is 1. The maximum Gasteiger partial charge on any atom is 0.258 e. The molecule has 0 saturated heterocycles. The number of benzene rings is 2. The lowest BCUT2D eigenvalue weighted by molar-refractivity contribution is 0.102. The lowest BCUT2D eigenvalue weighted by Gasteiger charge is -2.10. The third-order valence-corrected chi connectivity index (χ3v) is 7.06. The number of fused-ring (bicyclic) bond motifs is 1. The van der Waals surface area contributed by atoms with E-state index in [0.717, 1.165) is 27.0 Å². The van der Waals surface area contributed by atoms with Crippen molar-refractivity contribution >= 4 is 67.8 Å². The topological polar surface area (TPSA) is 54.9 Å². The Hall–Kier alpha value is -2.77. The molecule has 2 aromatic carbocycles. The maximum atomic E-state index is 13.2. The molecule has 0 radical (unpaired) electrons. The van der Waals surface area contributed by atoms with E-state index in [9.17, 15) is 4.79 Å². The van der Waals surface area contributed by atoms with Gasteiger partial charge in [0.1, 0.15) is 0 Å². The van der Waals surface area contributed by atoms with Gasteiger partial charge in [-0.05, 0) is 35.7 Å². The molecule has 0 fully saturated rings. The molecule has 8 heteroatoms. The number of rotatable bonds is 4. The second-order valence-corrected chi connectivity index (χ2v) is 9.29. The van der Waals surface area contributed by atoms with Gasteiger partial charge in [0, 0.05) is 16.3 Å². The van der Waals surface area contributed by atoms with Gasteiger partial charge in [0.2, 0.25) is 0 Å². The van der Waals surface area contributed by atoms with Gasteiger partial charge in [-0.25, -0.2) is 9.97 Å². The van der Waals surface area contributed by atoms with Crippen LogP contribution in [0.1, 0.15) is 10.4 Å². The first-order valence-electron chi connectivity index (χ1n) is 9.24. The summed E-state index contributed by atoms with van der Waals surface area (Å²) in [5.74, 6) is -0.244. The van der Waals surface area contributed by atoms with Crippen LogP contribution in [0.15, 0.2) is 71.4 Å². The Labute approximate surface area is 196 Å². The van der Waals surface area contributed by atoms with Crippen LogP contribution in [-0.4, -0.2) is 15.9 Å². The lowest BCUT2D eigenvalue weighted by atomic mass is 10.0. The number of anilines is 1. The highest BCUT2D eigenvalue weighted by atomic mass is 35.5. The highest BCUT2D eigenvalue weighted by molar-refractivity contribution is 7.16. The SMILES string of the molecule is O=C(Nc1nc(-c2cccs2)cs1)c1cc(-c2ccc(Cl)c(Cl)c2)nc2ccccc12. The maximum absolute atomic E-state index is 13.2. The number of para-hydroxylation sites is 1. The second-order valence-electron chi connectivity index (χ2n) is 6.67. The van der Waals surface area contributed by atoms with Crippen LogP contribution in [0, 0.1) is 0 Å². The zero-order valence-corrected chi connectivity index (χ0v) is 18.9. The average molecular weight is 482 g/mol. The number of aromatic nitrogens is 2. The van der Waals surface area contributed by atoms with E-state index in [1.165, 1.54) is 11.3 Å². The van der Waals surface area contributed by atoms with Crippen LogP contribution in [-0.2, 0) is 0 Å². The van der Waals surface area contributed by atoms with Crippen molar-refractivity contribution < 1.29 is 4.79 Å². The highest BCUT2D eigenvalue weighted by Crippen LogP contribution is 2.31. The molecule has 5 rings (SSSR count). The van der Waals surface area contributed by atoms with E-state index in [2.05, 4.69) is 10.3 Å². The Bertz CT molecular complexity index is 1410. The first kappa shape index (κ1) is 20.2. The van der Waals surface area contributed by atoms with E-state index in [1.807, 2.05) is 53.2 Å². The molecule has 0 atom stereocenters. The molecule has 31 heavy (non-hydrogen) atoms. The van der Waals surface area contributed by atoms with Gasteiger partial charge in [0.05, 0.1) is 37.4 Å². The summed E-state index contributed by atoms with van der Waals surface area (Å²) in [5.41, 5.74) is 3.50. The summed E-state index contributed by atoms with van der Waals surface area (Å²) >= 11 is 15.3. The minimum absolute atomic E-state index is 0.244. The first-order valence-corrected chi connectivity index (χ1v) is 11.8. The number of nitrogens with one attached hydrogen (secondary N) is 1. The number of hydrogen-bond donors (Lipinski definition) is 1. The number of halogens is 2. The molecule has 0 bridgehead atoms. The molecule has 3 heterocycles. The first-order chi connectivity index (χ1) is 15.1. The molecule has 0 aliphatic heterocycles. The van der Waals surface area contributed by atoms with Crippen LogP contribution >= 0.6 is 45.9 Å². The third kappa shape index (κ3) is 4.07. The van der Waals surface area contributed by atoms with Gasteiger partial charge in [-0.2, -0.15) is 0 Å². The largest absolute Gasteiger partial charge is 0.298 e. The predicted octanol–water partition coefficient (Wildman–Crippen LogP) is 7.65. The average Bonchev–Trinajstić information content (AvgIpc) is 3.47. The fourth-order valence-corrected chi connectivity index (χ4v) is 4.96. The zero-order chi connectivity index (χ0) is 21.4. The quantitative estimate of drug-likeness (QED) is 0.286. The van der Waals surface area contributed by atoms with Gasteiger partial charge in [-0.15, -0.1) is 22.7 Å². The summed E-state index contributed by atoms with van der Waals surface area (Å²) in [6.45, 7) is 0. The predicted molar refractivity (Wildman–Crippen MR) is 131 cm³/mol. The van der Waals surface area contributed by atoms with Crippen LogP contribution in [0.3, 0.4) is 0 Å². The fraction of sp³-hybridized carbons (Fsp3) is 0. The molecule has 4 nitrogen and oxygen atoms in total. The fourth-order valence-electron chi connectivity index (χ4n) is 3.20. The Morgan fingerprint density at radius 1 is 0.871 bits per heavy atom. The molecule has 152 valence electrons. The van der Waals surface area contributed by atoms with Crippen molar-refractivity contribution in [1.82, 2.24) is 9.97 Å². The van der Waals surface area contributed by atoms with Gasteiger partial charge in [-0.1, -0.05) is 53.5 Å². The summed E-state index contributed by atoms with van der Waals surface area (Å²) in [4.78, 5) is 23.5. The van der Waals surface area contributed by atoms with E-state index >= 15 is 0 Å². The van der Waals surface area contributed by atoms with E-state index in [-0.39, 0.29) is 5.91 Å². The zero-order valence-electron chi connectivity index (χ0n) is 15.8. The van der Waals surface area contributed by atoms with Crippen molar-refractivity contribution in [2.24, 2.45) is 0 Å². The third-order valence-electron chi connectivity index (χ3n) is 4.67. The number of nitrogens with zero attached hydrogens (tertiary/aromatic N) is 2. The molecule has 0 spiro atoms. The Kier molecular flexibility index (Phi) is 5.46. The molecular weight excluding hydrogens is 469 g/mol. The van der Waals surface area contributed by atoms with Crippen molar-refractivity contribution in [2.45, 2.75) is 0 Å². The van der Waals surface area contributed by atoms with E-state index in [0.29, 0.717) is 26.4 Å². The molecule has 0 unspecified atom stereocenters. The van der Waals surface area contributed by atoms with Crippen LogP contribution in [0.25, 0.3) is 32.7 Å². The van der Waals surface area contributed by atoms with Crippen molar-refractivity contribution in [1.29, 1.82) is 0 Å². The number of thiazole rings is 1. The number of amides is 1. The number of carbonyl (C=O) groups excluding carboxylic acids is 1. The van der Waals surface area contributed by atoms with Crippen LogP contribution in [0.5, 0.6) is 0 Å². The van der Waals surface area contributed by atoms with Gasteiger partial charge in [0.25, 0.3) is 5.91 Å². The van der Waals surface area contributed by atoms with E-state index in [4.69, 9.17) is 28.2 Å². The monoisotopic (exact) mass is 481 g/mol. The smallest absolute Gasteiger partial charge is 0.258 e. The van der Waals surface area contributed by atoms with Crippen LogP contribution in [0.2, 0.25) is 10.0 Å². The lowest BCUT2D eigenvalue weighted by Crippen LogP contribution is -2.13. The second kappa shape index (κ2) is 8.40.